The summed E-state index contributed by atoms with van der Waals surface area (Å²) in [6.45, 7) is 6.74. The number of rotatable bonds is 4. The molecular formula is C13H24N3O3S. The van der Waals surface area contributed by atoms with Crippen molar-refractivity contribution in [3.05, 3.63) is 6.42 Å². The third-order valence-corrected chi connectivity index (χ3v) is 5.12. The maximum atomic E-state index is 11.5. The molecule has 2 heterocycles. The van der Waals surface area contributed by atoms with E-state index in [-0.39, 0.29) is 11.3 Å². The van der Waals surface area contributed by atoms with Crippen LogP contribution in [-0.2, 0) is 15.5 Å². The molecule has 0 N–H and O–H groups in total. The van der Waals surface area contributed by atoms with Crippen LogP contribution in [0.2, 0.25) is 0 Å². The second-order valence-corrected chi connectivity index (χ2v) is 6.64. The Balaban J connectivity index is 1.87. The number of piperidine rings is 1. The van der Waals surface area contributed by atoms with E-state index in [0.29, 0.717) is 19.6 Å². The molecule has 0 aromatic carbocycles. The molecule has 2 aliphatic heterocycles. The van der Waals surface area contributed by atoms with Gasteiger partial charge in [0, 0.05) is 39.6 Å². The lowest BCUT2D eigenvalue weighted by molar-refractivity contribution is -0.130. The molecule has 1 unspecified atom stereocenters. The highest BCUT2D eigenvalue weighted by Gasteiger charge is 2.27. The molecule has 0 saturated carbocycles. The zero-order chi connectivity index (χ0) is 14.5. The van der Waals surface area contributed by atoms with Crippen LogP contribution in [0.5, 0.6) is 0 Å². The summed E-state index contributed by atoms with van der Waals surface area (Å²) in [6, 6.07) is 0. The summed E-state index contributed by atoms with van der Waals surface area (Å²) < 4.78 is 23.1. The maximum absolute atomic E-state index is 11.5. The molecule has 20 heavy (non-hydrogen) atoms. The summed E-state index contributed by atoms with van der Waals surface area (Å²) in [5, 5.41) is -0.387. The van der Waals surface area contributed by atoms with E-state index in [0.717, 1.165) is 39.0 Å². The number of amides is 1. The van der Waals surface area contributed by atoms with Crippen LogP contribution in [0, 0.1) is 6.42 Å². The number of piperazine rings is 1. The van der Waals surface area contributed by atoms with Crippen LogP contribution in [-0.4, -0.2) is 80.2 Å². The summed E-state index contributed by atoms with van der Waals surface area (Å²) in [4.78, 5) is 17.3. The van der Waals surface area contributed by atoms with Crippen LogP contribution in [0.1, 0.15) is 19.8 Å². The van der Waals surface area contributed by atoms with Gasteiger partial charge in [-0.1, -0.05) is 0 Å². The number of nitrogens with zero attached hydrogens (tertiary/aromatic N) is 3. The van der Waals surface area contributed by atoms with Crippen molar-refractivity contribution in [1.29, 1.82) is 0 Å². The fourth-order valence-corrected chi connectivity index (χ4v) is 3.72. The third kappa shape index (κ3) is 4.17. The van der Waals surface area contributed by atoms with Gasteiger partial charge in [0.15, 0.2) is 10.7 Å². The number of hydrogen-bond donors (Lipinski definition) is 1. The van der Waals surface area contributed by atoms with Crippen LogP contribution in [0.15, 0.2) is 0 Å². The van der Waals surface area contributed by atoms with Crippen molar-refractivity contribution in [2.45, 2.75) is 25.1 Å². The van der Waals surface area contributed by atoms with Gasteiger partial charge in [-0.15, -0.1) is 0 Å². The van der Waals surface area contributed by atoms with E-state index >= 15 is 0 Å². The van der Waals surface area contributed by atoms with Gasteiger partial charge in [0.05, 0.1) is 0 Å². The molecule has 1 radical (unpaired) electrons. The van der Waals surface area contributed by atoms with Gasteiger partial charge in [0.2, 0.25) is 5.91 Å². The summed E-state index contributed by atoms with van der Waals surface area (Å²) in [7, 11) is -2.45. The van der Waals surface area contributed by atoms with Crippen molar-refractivity contribution in [2.75, 3.05) is 45.8 Å². The highest BCUT2D eigenvalue weighted by Crippen LogP contribution is 2.14. The first-order valence-corrected chi connectivity index (χ1v) is 8.49. The number of carbonyl (C=O) groups is 1. The zero-order valence-electron chi connectivity index (χ0n) is 12.0. The van der Waals surface area contributed by atoms with E-state index < -0.39 is 10.7 Å². The fraction of sp³-hybridized carbons (Fsp3) is 0.846. The number of likely N-dealkylation sites (tertiary alicyclic amines) is 1. The second kappa shape index (κ2) is 7.38. The highest BCUT2D eigenvalue weighted by atomic mass is 32.2. The van der Waals surface area contributed by atoms with Crippen molar-refractivity contribution in [3.8, 4) is 0 Å². The molecule has 0 aromatic heterocycles. The number of thiol groups is 1. The first-order valence-electron chi connectivity index (χ1n) is 7.25. The Morgan fingerprint density at radius 3 is 2.20 bits per heavy atom. The maximum Gasteiger partial charge on any atom is 0.219 e. The van der Waals surface area contributed by atoms with Crippen molar-refractivity contribution < 1.29 is 13.2 Å². The van der Waals surface area contributed by atoms with Crippen LogP contribution < -0.4 is 0 Å². The van der Waals surface area contributed by atoms with Crippen LogP contribution in [0.3, 0.4) is 0 Å². The molecule has 0 aliphatic carbocycles. The Bertz CT molecular complexity index is 392. The highest BCUT2D eigenvalue weighted by molar-refractivity contribution is 7.73. The van der Waals surface area contributed by atoms with Crippen LogP contribution in [0.25, 0.3) is 0 Å². The van der Waals surface area contributed by atoms with Gasteiger partial charge in [-0.3, -0.25) is 14.6 Å². The van der Waals surface area contributed by atoms with Gasteiger partial charge in [-0.2, -0.15) is 0 Å². The summed E-state index contributed by atoms with van der Waals surface area (Å²) in [6.07, 6.45) is 4.16. The molecule has 2 saturated heterocycles. The van der Waals surface area contributed by atoms with E-state index in [1.165, 1.54) is 0 Å². The largest absolute Gasteiger partial charge is 0.340 e. The number of carbonyl (C=O) groups excluding carboxylic acids is 1. The van der Waals surface area contributed by atoms with E-state index in [9.17, 15) is 13.2 Å². The van der Waals surface area contributed by atoms with Crippen molar-refractivity contribution in [2.24, 2.45) is 0 Å². The van der Waals surface area contributed by atoms with E-state index in [1.54, 1.807) is 6.92 Å². The number of hydrogen-bond acceptors (Lipinski definition) is 5. The Hall–Kier alpha value is -0.660. The third-order valence-electron chi connectivity index (χ3n) is 4.14. The van der Waals surface area contributed by atoms with Gasteiger partial charge in [-0.05, 0) is 32.4 Å². The zero-order valence-corrected chi connectivity index (χ0v) is 12.9. The Labute approximate surface area is 122 Å². The monoisotopic (exact) mass is 302 g/mol. The van der Waals surface area contributed by atoms with Gasteiger partial charge < -0.3 is 4.90 Å². The fourth-order valence-electron chi connectivity index (χ4n) is 2.86. The predicted molar refractivity (Wildman–Crippen MR) is 77.9 cm³/mol. The summed E-state index contributed by atoms with van der Waals surface area (Å²) in [5.74, 6) is 0.0997. The molecule has 1 amide bonds. The Kier molecular flexibility index (Phi) is 5.80. The SMILES string of the molecule is CC(=O)N1CCN(CC(N2CC[CH]CC2)[SH](=O)=O)CC1. The van der Waals surface area contributed by atoms with Crippen molar-refractivity contribution in [3.63, 3.8) is 0 Å². The molecule has 115 valence electrons. The van der Waals surface area contributed by atoms with Gasteiger partial charge >= 0.3 is 0 Å². The standard InChI is InChI=1S/C13H24N3O3S/c1-12(17)15-9-7-14(8-10-15)11-13(20(18)19)16-5-3-2-4-6-16/h2,13,20H,3-11H2,1H3. The van der Waals surface area contributed by atoms with E-state index in [4.69, 9.17) is 0 Å². The van der Waals surface area contributed by atoms with Gasteiger partial charge in [0.1, 0.15) is 5.37 Å². The molecular weight excluding hydrogens is 278 g/mol. The predicted octanol–water partition coefficient (Wildman–Crippen LogP) is -0.612. The molecule has 2 rings (SSSR count). The van der Waals surface area contributed by atoms with Gasteiger partial charge in [0.25, 0.3) is 0 Å². The Morgan fingerprint density at radius 1 is 1.10 bits per heavy atom. The van der Waals surface area contributed by atoms with Crippen molar-refractivity contribution >= 4 is 16.6 Å². The minimum Gasteiger partial charge on any atom is -0.340 e. The van der Waals surface area contributed by atoms with Crippen molar-refractivity contribution in [1.82, 2.24) is 14.7 Å². The molecule has 0 bridgehead atoms. The molecule has 2 aliphatic rings. The first kappa shape index (κ1) is 15.7. The van der Waals surface area contributed by atoms with E-state index in [1.807, 2.05) is 4.90 Å². The molecule has 7 heteroatoms. The topological polar surface area (TPSA) is 60.9 Å². The molecule has 0 aromatic rings. The first-order chi connectivity index (χ1) is 9.58. The molecule has 1 atom stereocenters. The molecule has 2 fully saturated rings. The average molecular weight is 302 g/mol. The summed E-state index contributed by atoms with van der Waals surface area (Å²) >= 11 is 0. The average Bonchev–Trinajstić information content (AvgIpc) is 2.46. The lowest BCUT2D eigenvalue weighted by Gasteiger charge is -2.38. The minimum absolute atomic E-state index is 0.0997. The summed E-state index contributed by atoms with van der Waals surface area (Å²) in [5.41, 5.74) is 0. The molecule has 6 nitrogen and oxygen atoms in total. The van der Waals surface area contributed by atoms with Gasteiger partial charge in [-0.25, -0.2) is 8.42 Å². The second-order valence-electron chi connectivity index (χ2n) is 5.47. The smallest absolute Gasteiger partial charge is 0.219 e. The minimum atomic E-state index is -2.45. The lowest BCUT2D eigenvalue weighted by atomic mass is 10.1. The van der Waals surface area contributed by atoms with Crippen LogP contribution >= 0.6 is 0 Å². The van der Waals surface area contributed by atoms with E-state index in [2.05, 4.69) is 16.2 Å². The van der Waals surface area contributed by atoms with Crippen LogP contribution in [0.4, 0.5) is 0 Å². The quantitative estimate of drug-likeness (QED) is 0.702. The normalized spacial score (nSPS) is 24.0. The molecule has 0 spiro atoms. The lowest BCUT2D eigenvalue weighted by Crippen LogP contribution is -2.53. The Morgan fingerprint density at radius 2 is 1.70 bits per heavy atom.